The van der Waals surface area contributed by atoms with E-state index in [4.69, 9.17) is 0 Å². The number of unbranched alkanes of at least 4 members (excludes halogenated alkanes) is 1. The average molecular weight is 347 g/mol. The molecule has 26 heavy (non-hydrogen) atoms. The molecule has 0 bridgehead atoms. The molecule has 0 aliphatic heterocycles. The van der Waals surface area contributed by atoms with E-state index < -0.39 is 0 Å². The predicted molar refractivity (Wildman–Crippen MR) is 106 cm³/mol. The van der Waals surface area contributed by atoms with E-state index in [1.54, 1.807) is 0 Å². The molecule has 2 N–H and O–H groups in total. The minimum atomic E-state index is -0.365. The van der Waals surface area contributed by atoms with Gasteiger partial charge in [-0.15, -0.1) is 0 Å². The Kier molecular flexibility index (Phi) is 7.95. The third-order valence-corrected chi connectivity index (χ3v) is 4.06. The number of amides is 1. The first-order valence-corrected chi connectivity index (χ1v) is 9.00. The van der Waals surface area contributed by atoms with Crippen LogP contribution in [0.5, 0.6) is 0 Å². The van der Waals surface area contributed by atoms with E-state index in [0.717, 1.165) is 24.1 Å². The molecule has 0 fully saturated rings. The van der Waals surface area contributed by atoms with Crippen LogP contribution in [0, 0.1) is 11.3 Å². The van der Waals surface area contributed by atoms with Gasteiger partial charge in [0.1, 0.15) is 11.6 Å². The molecule has 1 amide bonds. The van der Waals surface area contributed by atoms with Gasteiger partial charge in [-0.3, -0.25) is 4.79 Å². The van der Waals surface area contributed by atoms with Gasteiger partial charge in [0.25, 0.3) is 5.91 Å². The predicted octanol–water partition coefficient (Wildman–Crippen LogP) is 4.21. The molecule has 4 heteroatoms. The number of nitriles is 1. The molecule has 0 saturated carbocycles. The highest BCUT2D eigenvalue weighted by molar-refractivity contribution is 5.97. The number of rotatable bonds is 9. The van der Waals surface area contributed by atoms with E-state index in [0.29, 0.717) is 6.54 Å². The Labute approximate surface area is 155 Å². The Hall–Kier alpha value is -3.06. The number of aryl methyl sites for hydroxylation is 1. The summed E-state index contributed by atoms with van der Waals surface area (Å²) in [5, 5.41) is 15.0. The van der Waals surface area contributed by atoms with Gasteiger partial charge in [-0.05, 0) is 42.5 Å². The number of nitrogens with zero attached hydrogens (tertiary/aromatic N) is 1. The lowest BCUT2D eigenvalue weighted by atomic mass is 10.1. The first kappa shape index (κ1) is 19.3. The third kappa shape index (κ3) is 6.45. The molecule has 0 aliphatic carbocycles. The molecule has 0 saturated heterocycles. The lowest BCUT2D eigenvalue weighted by Gasteiger charge is -2.06. The quantitative estimate of drug-likeness (QED) is 0.527. The van der Waals surface area contributed by atoms with Gasteiger partial charge in [-0.25, -0.2) is 0 Å². The van der Waals surface area contributed by atoms with Gasteiger partial charge in [-0.2, -0.15) is 5.26 Å². The Morgan fingerprint density at radius 1 is 1.04 bits per heavy atom. The van der Waals surface area contributed by atoms with Crippen molar-refractivity contribution in [2.75, 3.05) is 11.9 Å². The Bertz CT molecular complexity index is 758. The summed E-state index contributed by atoms with van der Waals surface area (Å²) in [5.74, 6) is -0.365. The SMILES string of the molecule is CCCCc1ccc(N/C=C(/C#N)C(=O)NCCc2ccccc2)cc1. The Morgan fingerprint density at radius 2 is 1.73 bits per heavy atom. The van der Waals surface area contributed by atoms with Crippen LogP contribution in [0.3, 0.4) is 0 Å². The van der Waals surface area contributed by atoms with Crippen LogP contribution in [0.1, 0.15) is 30.9 Å². The fourth-order valence-electron chi connectivity index (χ4n) is 2.51. The molecule has 0 atom stereocenters. The summed E-state index contributed by atoms with van der Waals surface area (Å²) in [6, 6.07) is 19.9. The van der Waals surface area contributed by atoms with E-state index in [-0.39, 0.29) is 11.5 Å². The zero-order valence-electron chi connectivity index (χ0n) is 15.2. The van der Waals surface area contributed by atoms with Gasteiger partial charge in [0.15, 0.2) is 0 Å². The molecular formula is C22H25N3O. The van der Waals surface area contributed by atoms with Crippen LogP contribution in [0.4, 0.5) is 5.69 Å². The molecule has 0 aliphatic rings. The molecular weight excluding hydrogens is 322 g/mol. The largest absolute Gasteiger partial charge is 0.360 e. The molecule has 2 aromatic rings. The Morgan fingerprint density at radius 3 is 2.38 bits per heavy atom. The summed E-state index contributed by atoms with van der Waals surface area (Å²) in [6.45, 7) is 2.67. The summed E-state index contributed by atoms with van der Waals surface area (Å²) in [6.07, 6.45) is 5.61. The second kappa shape index (κ2) is 10.7. The van der Waals surface area contributed by atoms with Crippen molar-refractivity contribution in [2.24, 2.45) is 0 Å². The van der Waals surface area contributed by atoms with Crippen molar-refractivity contribution in [3.63, 3.8) is 0 Å². The number of carbonyl (C=O) groups is 1. The highest BCUT2D eigenvalue weighted by Gasteiger charge is 2.08. The second-order valence-corrected chi connectivity index (χ2v) is 6.11. The van der Waals surface area contributed by atoms with Crippen LogP contribution in [0.2, 0.25) is 0 Å². The minimum absolute atomic E-state index is 0.0631. The molecule has 0 spiro atoms. The van der Waals surface area contributed by atoms with E-state index in [1.165, 1.54) is 24.6 Å². The van der Waals surface area contributed by atoms with Gasteiger partial charge in [0, 0.05) is 18.4 Å². The van der Waals surface area contributed by atoms with E-state index >= 15 is 0 Å². The fraction of sp³-hybridized carbons (Fsp3) is 0.273. The van der Waals surface area contributed by atoms with Gasteiger partial charge in [0.2, 0.25) is 0 Å². The number of hydrogen-bond acceptors (Lipinski definition) is 3. The third-order valence-electron chi connectivity index (χ3n) is 4.06. The van der Waals surface area contributed by atoms with Crippen LogP contribution >= 0.6 is 0 Å². The van der Waals surface area contributed by atoms with Crippen LogP contribution < -0.4 is 10.6 Å². The van der Waals surface area contributed by atoms with Crippen LogP contribution in [-0.2, 0) is 17.6 Å². The van der Waals surface area contributed by atoms with Gasteiger partial charge < -0.3 is 10.6 Å². The summed E-state index contributed by atoms with van der Waals surface area (Å²) < 4.78 is 0. The molecule has 0 heterocycles. The minimum Gasteiger partial charge on any atom is -0.360 e. The summed E-state index contributed by atoms with van der Waals surface area (Å²) in [4.78, 5) is 12.1. The maximum Gasteiger partial charge on any atom is 0.263 e. The maximum absolute atomic E-state index is 12.1. The highest BCUT2D eigenvalue weighted by atomic mass is 16.1. The second-order valence-electron chi connectivity index (χ2n) is 6.11. The van der Waals surface area contributed by atoms with Crippen LogP contribution in [0.25, 0.3) is 0 Å². The fourth-order valence-corrected chi connectivity index (χ4v) is 2.51. The van der Waals surface area contributed by atoms with Crippen molar-refractivity contribution in [3.05, 3.63) is 77.5 Å². The van der Waals surface area contributed by atoms with Crippen molar-refractivity contribution >= 4 is 11.6 Å². The Balaban J connectivity index is 1.84. The van der Waals surface area contributed by atoms with Crippen molar-refractivity contribution in [2.45, 2.75) is 32.6 Å². The van der Waals surface area contributed by atoms with Crippen molar-refractivity contribution in [1.29, 1.82) is 5.26 Å². The molecule has 0 unspecified atom stereocenters. The highest BCUT2D eigenvalue weighted by Crippen LogP contribution is 2.12. The standard InChI is InChI=1S/C22H25N3O/c1-2-3-7-19-10-12-21(13-11-19)25-17-20(16-23)22(26)24-15-14-18-8-5-4-6-9-18/h4-6,8-13,17,25H,2-3,7,14-15H2,1H3,(H,24,26)/b20-17-. The molecule has 0 radical (unpaired) electrons. The first-order valence-electron chi connectivity index (χ1n) is 9.00. The average Bonchev–Trinajstić information content (AvgIpc) is 2.68. The molecule has 4 nitrogen and oxygen atoms in total. The lowest BCUT2D eigenvalue weighted by Crippen LogP contribution is -2.27. The lowest BCUT2D eigenvalue weighted by molar-refractivity contribution is -0.117. The molecule has 0 aromatic heterocycles. The van der Waals surface area contributed by atoms with E-state index in [2.05, 4.69) is 29.7 Å². The van der Waals surface area contributed by atoms with Gasteiger partial charge >= 0.3 is 0 Å². The van der Waals surface area contributed by atoms with Gasteiger partial charge in [-0.1, -0.05) is 55.8 Å². The van der Waals surface area contributed by atoms with Crippen LogP contribution in [-0.4, -0.2) is 12.5 Å². The monoisotopic (exact) mass is 347 g/mol. The van der Waals surface area contributed by atoms with Crippen molar-refractivity contribution in [1.82, 2.24) is 5.32 Å². The summed E-state index contributed by atoms with van der Waals surface area (Å²) >= 11 is 0. The number of benzene rings is 2. The number of hydrogen-bond donors (Lipinski definition) is 2. The topological polar surface area (TPSA) is 64.9 Å². The molecule has 2 rings (SSSR count). The molecule has 134 valence electrons. The number of anilines is 1. The van der Waals surface area contributed by atoms with Crippen LogP contribution in [0.15, 0.2) is 66.4 Å². The van der Waals surface area contributed by atoms with Crippen molar-refractivity contribution < 1.29 is 4.79 Å². The zero-order valence-corrected chi connectivity index (χ0v) is 15.2. The maximum atomic E-state index is 12.1. The number of carbonyl (C=O) groups excluding carboxylic acids is 1. The first-order chi connectivity index (χ1) is 12.7. The summed E-state index contributed by atoms with van der Waals surface area (Å²) in [7, 11) is 0. The van der Waals surface area contributed by atoms with E-state index in [1.807, 2.05) is 48.5 Å². The van der Waals surface area contributed by atoms with E-state index in [9.17, 15) is 10.1 Å². The summed E-state index contributed by atoms with van der Waals surface area (Å²) in [5.41, 5.74) is 3.36. The molecule has 2 aromatic carbocycles. The smallest absolute Gasteiger partial charge is 0.263 e. The number of nitrogens with one attached hydrogen (secondary N) is 2. The normalized spacial score (nSPS) is 10.8. The van der Waals surface area contributed by atoms with Crippen molar-refractivity contribution in [3.8, 4) is 6.07 Å². The van der Waals surface area contributed by atoms with Gasteiger partial charge in [0.05, 0.1) is 0 Å². The zero-order chi connectivity index (χ0) is 18.6.